The van der Waals surface area contributed by atoms with Crippen molar-refractivity contribution in [1.29, 1.82) is 0 Å². The summed E-state index contributed by atoms with van der Waals surface area (Å²) in [6, 6.07) is 14.2. The summed E-state index contributed by atoms with van der Waals surface area (Å²) in [6.45, 7) is 5.86. The van der Waals surface area contributed by atoms with Gasteiger partial charge in [0, 0.05) is 37.1 Å². The fourth-order valence-electron chi connectivity index (χ4n) is 4.42. The number of nitrogens with zero attached hydrogens (tertiary/aromatic N) is 4. The van der Waals surface area contributed by atoms with E-state index in [1.807, 2.05) is 48.2 Å². The van der Waals surface area contributed by atoms with Crippen LogP contribution in [0.3, 0.4) is 0 Å². The van der Waals surface area contributed by atoms with Gasteiger partial charge in [-0.2, -0.15) is 0 Å². The molecule has 2 aromatic carbocycles. The summed E-state index contributed by atoms with van der Waals surface area (Å²) in [6.07, 6.45) is 2.47. The Morgan fingerprint density at radius 2 is 1.91 bits per heavy atom. The number of hydrogen-bond donors (Lipinski definition) is 2. The monoisotopic (exact) mass is 490 g/mol. The zero-order valence-corrected chi connectivity index (χ0v) is 20.4. The molecule has 0 fully saturated rings. The third-order valence-electron chi connectivity index (χ3n) is 6.25. The number of nitrogens with one attached hydrogen (secondary N) is 2. The Bertz CT molecular complexity index is 1520. The van der Waals surface area contributed by atoms with Gasteiger partial charge in [0.25, 0.3) is 5.56 Å². The van der Waals surface area contributed by atoms with Crippen LogP contribution in [-0.4, -0.2) is 31.6 Å². The molecule has 2 N–H and O–H groups in total. The Labute approximate surface area is 205 Å². The van der Waals surface area contributed by atoms with Crippen LogP contribution in [0.2, 0.25) is 0 Å². The van der Waals surface area contributed by atoms with Gasteiger partial charge in [-0.15, -0.1) is 0 Å². The lowest BCUT2D eigenvalue weighted by molar-refractivity contribution is -0.116. The van der Waals surface area contributed by atoms with Crippen molar-refractivity contribution in [2.75, 3.05) is 11.4 Å². The Hall–Kier alpha value is -3.63. The van der Waals surface area contributed by atoms with Gasteiger partial charge < -0.3 is 9.47 Å². The van der Waals surface area contributed by atoms with E-state index >= 15 is 0 Å². The van der Waals surface area contributed by atoms with Crippen LogP contribution in [0.25, 0.3) is 11.2 Å². The minimum Gasteiger partial charge on any atom is -0.325 e. The third kappa shape index (κ3) is 4.54. The molecule has 0 bridgehead atoms. The zero-order valence-electron chi connectivity index (χ0n) is 19.6. The Morgan fingerprint density at radius 1 is 1.14 bits per heavy atom. The molecule has 0 saturated heterocycles. The number of carbonyl (C=O) groups excluding carboxylic acids is 1. The van der Waals surface area contributed by atoms with Gasteiger partial charge in [0.15, 0.2) is 11.2 Å². The molecule has 0 aliphatic carbocycles. The van der Waals surface area contributed by atoms with Crippen LogP contribution in [0.4, 0.5) is 5.69 Å². The minimum absolute atomic E-state index is 0.0798. The molecule has 9 nitrogen and oxygen atoms in total. The number of rotatable bonds is 7. The molecule has 1 aliphatic heterocycles. The predicted octanol–water partition coefficient (Wildman–Crippen LogP) is 2.66. The van der Waals surface area contributed by atoms with E-state index in [-0.39, 0.29) is 5.91 Å². The molecule has 1 aliphatic rings. The molecule has 0 atom stereocenters. The van der Waals surface area contributed by atoms with Crippen LogP contribution in [0.5, 0.6) is 0 Å². The molecule has 0 saturated carbocycles. The third-order valence-corrected chi connectivity index (χ3v) is 7.03. The number of H-pyrrole nitrogens is 1. The summed E-state index contributed by atoms with van der Waals surface area (Å²) in [5.74, 6) is 0.0798. The summed E-state index contributed by atoms with van der Waals surface area (Å²) in [5.41, 5.74) is 4.18. The molecule has 10 heteroatoms. The van der Waals surface area contributed by atoms with E-state index in [1.165, 1.54) is 10.1 Å². The number of imidazole rings is 1. The Balaban J connectivity index is 1.23. The van der Waals surface area contributed by atoms with Crippen LogP contribution in [0, 0.1) is 0 Å². The maximum Gasteiger partial charge on any atom is 0.330 e. The minimum atomic E-state index is -0.466. The molecule has 0 spiro atoms. The van der Waals surface area contributed by atoms with E-state index in [0.29, 0.717) is 30.8 Å². The summed E-state index contributed by atoms with van der Waals surface area (Å²) in [4.78, 5) is 46.0. The highest BCUT2D eigenvalue weighted by Gasteiger charge is 2.22. The summed E-state index contributed by atoms with van der Waals surface area (Å²) in [5, 5.41) is 0. The molecule has 35 heavy (non-hydrogen) atoms. The van der Waals surface area contributed by atoms with Crippen molar-refractivity contribution >= 4 is 34.7 Å². The van der Waals surface area contributed by atoms with E-state index in [2.05, 4.69) is 20.8 Å². The number of aromatic nitrogens is 4. The molecular formula is C25H26N6O3S. The molecule has 5 rings (SSSR count). The average Bonchev–Trinajstić information content (AvgIpc) is 3.47. The second-order valence-electron chi connectivity index (χ2n) is 8.50. The fourth-order valence-corrected chi connectivity index (χ4v) is 5.17. The standard InChI is InChI=1S/C25H26N6O3S/c1-3-29-15-26-23-22(29)24(33)28-25(34)31(23)14-18-6-4-17(5-7-18)13-27-35-20-8-9-21-19(12-20)10-11-30(21)16(2)32/h4-9,12,15,27H,3,10-11,13-14H2,1-2H3,(H,28,33,34). The van der Waals surface area contributed by atoms with E-state index in [9.17, 15) is 14.4 Å². The maximum atomic E-state index is 12.4. The van der Waals surface area contributed by atoms with Crippen LogP contribution in [0.1, 0.15) is 30.5 Å². The van der Waals surface area contributed by atoms with Gasteiger partial charge in [-0.1, -0.05) is 24.3 Å². The van der Waals surface area contributed by atoms with Gasteiger partial charge >= 0.3 is 5.69 Å². The smallest absolute Gasteiger partial charge is 0.325 e. The average molecular weight is 491 g/mol. The summed E-state index contributed by atoms with van der Waals surface area (Å²) >= 11 is 1.56. The van der Waals surface area contributed by atoms with E-state index in [4.69, 9.17) is 0 Å². The second kappa shape index (κ2) is 9.55. The van der Waals surface area contributed by atoms with Crippen LogP contribution in [-0.2, 0) is 30.8 Å². The number of hydrogen-bond acceptors (Lipinski definition) is 6. The van der Waals surface area contributed by atoms with E-state index in [1.54, 1.807) is 29.8 Å². The summed E-state index contributed by atoms with van der Waals surface area (Å²) in [7, 11) is 0. The number of carbonyl (C=O) groups is 1. The second-order valence-corrected chi connectivity index (χ2v) is 9.46. The number of fused-ring (bicyclic) bond motifs is 2. The highest BCUT2D eigenvalue weighted by Crippen LogP contribution is 2.31. The molecule has 2 aromatic heterocycles. The van der Waals surface area contributed by atoms with Crippen molar-refractivity contribution in [3.05, 3.63) is 86.3 Å². The quantitative estimate of drug-likeness (QED) is 0.386. The van der Waals surface area contributed by atoms with Crippen molar-refractivity contribution < 1.29 is 4.79 Å². The first-order chi connectivity index (χ1) is 16.9. The lowest BCUT2D eigenvalue weighted by Crippen LogP contribution is -2.31. The van der Waals surface area contributed by atoms with Gasteiger partial charge in [-0.3, -0.25) is 23.9 Å². The molecule has 0 unspecified atom stereocenters. The van der Waals surface area contributed by atoms with Crippen LogP contribution < -0.4 is 20.9 Å². The Kier molecular flexibility index (Phi) is 6.31. The highest BCUT2D eigenvalue weighted by molar-refractivity contribution is 7.97. The van der Waals surface area contributed by atoms with Gasteiger partial charge in [0.1, 0.15) is 0 Å². The van der Waals surface area contributed by atoms with Crippen molar-refractivity contribution in [3.63, 3.8) is 0 Å². The normalized spacial score (nSPS) is 12.9. The maximum absolute atomic E-state index is 12.4. The largest absolute Gasteiger partial charge is 0.330 e. The highest BCUT2D eigenvalue weighted by atomic mass is 32.2. The first kappa shape index (κ1) is 23.1. The van der Waals surface area contributed by atoms with Gasteiger partial charge in [0.05, 0.1) is 12.9 Å². The predicted molar refractivity (Wildman–Crippen MR) is 137 cm³/mol. The SMILES string of the molecule is CCn1cnc2c1c(=O)[nH]c(=O)n2Cc1ccc(CNSc2ccc3c(c2)CCN3C(C)=O)cc1. The Morgan fingerprint density at radius 3 is 2.66 bits per heavy atom. The first-order valence-electron chi connectivity index (χ1n) is 11.5. The number of amides is 1. The molecule has 0 radical (unpaired) electrons. The van der Waals surface area contributed by atoms with Crippen LogP contribution in [0.15, 0.2) is 63.3 Å². The molecule has 180 valence electrons. The van der Waals surface area contributed by atoms with Crippen molar-refractivity contribution in [3.8, 4) is 0 Å². The summed E-state index contributed by atoms with van der Waals surface area (Å²) < 4.78 is 6.62. The number of anilines is 1. The number of aryl methyl sites for hydroxylation is 1. The molecule has 1 amide bonds. The topological polar surface area (TPSA) is 105 Å². The van der Waals surface area contributed by atoms with Gasteiger partial charge in [0.2, 0.25) is 5.91 Å². The number of benzene rings is 2. The van der Waals surface area contributed by atoms with E-state index in [0.717, 1.165) is 34.7 Å². The van der Waals surface area contributed by atoms with Crippen molar-refractivity contribution in [1.82, 2.24) is 23.8 Å². The lowest BCUT2D eigenvalue weighted by Gasteiger charge is -2.14. The van der Waals surface area contributed by atoms with Gasteiger partial charge in [-0.05, 0) is 60.2 Å². The van der Waals surface area contributed by atoms with E-state index < -0.39 is 11.2 Å². The van der Waals surface area contributed by atoms with Gasteiger partial charge in [-0.25, -0.2) is 9.78 Å². The molecular weight excluding hydrogens is 464 g/mol. The number of aromatic amines is 1. The zero-order chi connectivity index (χ0) is 24.5. The van der Waals surface area contributed by atoms with Crippen LogP contribution >= 0.6 is 11.9 Å². The first-order valence-corrected chi connectivity index (χ1v) is 12.3. The van der Waals surface area contributed by atoms with Crippen molar-refractivity contribution in [2.24, 2.45) is 0 Å². The molecule has 3 heterocycles. The lowest BCUT2D eigenvalue weighted by atomic mass is 10.1. The fraction of sp³-hybridized carbons (Fsp3) is 0.280. The molecule has 4 aromatic rings. The van der Waals surface area contributed by atoms with Crippen molar-refractivity contribution in [2.45, 2.75) is 44.8 Å².